The molecule has 1 fully saturated rings. The monoisotopic (exact) mass is 350 g/mol. The molecule has 2 atom stereocenters. The van der Waals surface area contributed by atoms with Crippen LogP contribution in [0.3, 0.4) is 0 Å². The van der Waals surface area contributed by atoms with Crippen molar-refractivity contribution in [2.45, 2.75) is 25.8 Å². The number of carbonyl (C=O) groups is 1. The molecule has 0 spiro atoms. The third-order valence-electron chi connectivity index (χ3n) is 4.44. The number of likely N-dealkylation sites (tertiary alicyclic amines) is 1. The molecule has 1 saturated heterocycles. The Morgan fingerprint density at radius 2 is 2.12 bits per heavy atom. The van der Waals surface area contributed by atoms with E-state index in [1.165, 1.54) is 0 Å². The lowest BCUT2D eigenvalue weighted by Gasteiger charge is -2.24. The maximum atomic E-state index is 13.0. The number of tetrazole rings is 1. The van der Waals surface area contributed by atoms with Crippen molar-refractivity contribution in [3.8, 4) is 0 Å². The summed E-state index contributed by atoms with van der Waals surface area (Å²) < 4.78 is 1.63. The summed E-state index contributed by atoms with van der Waals surface area (Å²) in [6, 6.07) is 9.55. The number of aryl methyl sites for hydroxylation is 1. The molecule has 3 rings (SSSR count). The van der Waals surface area contributed by atoms with Gasteiger partial charge in [-0.1, -0.05) is 30.3 Å². The molecule has 2 aromatic rings. The zero-order valence-electron chi connectivity index (χ0n) is 13.7. The van der Waals surface area contributed by atoms with Gasteiger partial charge in [0.05, 0.1) is 0 Å². The summed E-state index contributed by atoms with van der Waals surface area (Å²) >= 11 is 0. The molecule has 2 heterocycles. The van der Waals surface area contributed by atoms with Gasteiger partial charge in [0.1, 0.15) is 11.9 Å². The fourth-order valence-corrected chi connectivity index (χ4v) is 3.08. The van der Waals surface area contributed by atoms with Crippen LogP contribution in [0.4, 0.5) is 0 Å². The molecular weight excluding hydrogens is 328 g/mol. The molecule has 0 radical (unpaired) electrons. The Balaban J connectivity index is 0.00000208. The van der Waals surface area contributed by atoms with Crippen LogP contribution < -0.4 is 5.73 Å². The highest BCUT2D eigenvalue weighted by Crippen LogP contribution is 2.22. The van der Waals surface area contributed by atoms with E-state index in [0.29, 0.717) is 24.7 Å². The van der Waals surface area contributed by atoms with E-state index >= 15 is 0 Å². The molecule has 24 heavy (non-hydrogen) atoms. The third kappa shape index (κ3) is 3.91. The van der Waals surface area contributed by atoms with Crippen molar-refractivity contribution in [1.82, 2.24) is 25.1 Å². The Labute approximate surface area is 147 Å². The number of hydrogen-bond donors (Lipinski definition) is 1. The molecule has 130 valence electrons. The molecule has 0 aliphatic carbocycles. The molecular formula is C16H23ClN6O. The predicted octanol–water partition coefficient (Wildman–Crippen LogP) is 0.994. The second kappa shape index (κ2) is 8.21. The molecule has 2 unspecified atom stereocenters. The van der Waals surface area contributed by atoms with E-state index < -0.39 is 6.04 Å². The van der Waals surface area contributed by atoms with Crippen molar-refractivity contribution in [3.63, 3.8) is 0 Å². The minimum absolute atomic E-state index is 0. The van der Waals surface area contributed by atoms with Gasteiger partial charge in [0.25, 0.3) is 0 Å². The number of halogens is 1. The first-order valence-electron chi connectivity index (χ1n) is 7.96. The molecule has 1 amide bonds. The largest absolute Gasteiger partial charge is 0.340 e. The van der Waals surface area contributed by atoms with Gasteiger partial charge in [0, 0.05) is 19.5 Å². The number of hydrogen-bond acceptors (Lipinski definition) is 5. The smallest absolute Gasteiger partial charge is 0.247 e. The van der Waals surface area contributed by atoms with E-state index in [1.54, 1.807) is 4.68 Å². The van der Waals surface area contributed by atoms with Gasteiger partial charge in [-0.15, -0.1) is 17.5 Å². The van der Waals surface area contributed by atoms with Gasteiger partial charge in [-0.3, -0.25) is 4.79 Å². The zero-order valence-corrected chi connectivity index (χ0v) is 14.5. The summed E-state index contributed by atoms with van der Waals surface area (Å²) in [7, 11) is 0. The first-order chi connectivity index (χ1) is 11.2. The van der Waals surface area contributed by atoms with E-state index in [1.807, 2.05) is 42.2 Å². The van der Waals surface area contributed by atoms with Crippen LogP contribution >= 0.6 is 12.4 Å². The highest BCUT2D eigenvalue weighted by molar-refractivity contribution is 5.85. The van der Waals surface area contributed by atoms with Crippen LogP contribution in [0, 0.1) is 12.8 Å². The second-order valence-corrected chi connectivity index (χ2v) is 6.05. The quantitative estimate of drug-likeness (QED) is 0.868. The molecule has 1 aromatic carbocycles. The zero-order chi connectivity index (χ0) is 16.2. The van der Waals surface area contributed by atoms with Crippen LogP contribution in [0.1, 0.15) is 23.9 Å². The summed E-state index contributed by atoms with van der Waals surface area (Å²) in [5.41, 5.74) is 6.83. The van der Waals surface area contributed by atoms with E-state index in [-0.39, 0.29) is 18.3 Å². The number of rotatable bonds is 5. The topological polar surface area (TPSA) is 89.9 Å². The fraction of sp³-hybridized carbons (Fsp3) is 0.500. The summed E-state index contributed by atoms with van der Waals surface area (Å²) in [5.74, 6) is 1.11. The Hall–Kier alpha value is -1.99. The van der Waals surface area contributed by atoms with E-state index in [2.05, 4.69) is 15.5 Å². The fourth-order valence-electron chi connectivity index (χ4n) is 3.08. The average molecular weight is 351 g/mol. The number of amides is 1. The first-order valence-corrected chi connectivity index (χ1v) is 7.96. The lowest BCUT2D eigenvalue weighted by Crippen LogP contribution is -2.38. The highest BCUT2D eigenvalue weighted by Gasteiger charge is 2.32. The van der Waals surface area contributed by atoms with Gasteiger partial charge in [0.15, 0.2) is 0 Å². The van der Waals surface area contributed by atoms with Crippen molar-refractivity contribution in [2.75, 3.05) is 19.6 Å². The maximum absolute atomic E-state index is 13.0. The van der Waals surface area contributed by atoms with Crippen molar-refractivity contribution < 1.29 is 4.79 Å². The Morgan fingerprint density at radius 3 is 2.71 bits per heavy atom. The lowest BCUT2D eigenvalue weighted by molar-refractivity contribution is -0.134. The van der Waals surface area contributed by atoms with Crippen LogP contribution in [-0.2, 0) is 11.2 Å². The number of nitrogens with two attached hydrogens (primary N) is 1. The number of benzene rings is 1. The van der Waals surface area contributed by atoms with Crippen molar-refractivity contribution in [2.24, 2.45) is 11.7 Å². The summed E-state index contributed by atoms with van der Waals surface area (Å²) in [6.45, 7) is 3.92. The van der Waals surface area contributed by atoms with Gasteiger partial charge < -0.3 is 10.6 Å². The number of nitrogens with zero attached hydrogens (tertiary/aromatic N) is 5. The molecule has 7 nitrogen and oxygen atoms in total. The van der Waals surface area contributed by atoms with Crippen molar-refractivity contribution in [1.29, 1.82) is 0 Å². The van der Waals surface area contributed by atoms with Gasteiger partial charge in [-0.2, -0.15) is 0 Å². The van der Waals surface area contributed by atoms with Crippen molar-refractivity contribution >= 4 is 18.3 Å². The number of aromatic nitrogens is 4. The van der Waals surface area contributed by atoms with Gasteiger partial charge in [0.2, 0.25) is 5.91 Å². The molecule has 1 aliphatic heterocycles. The highest BCUT2D eigenvalue weighted by atomic mass is 35.5. The molecule has 0 saturated carbocycles. The van der Waals surface area contributed by atoms with Gasteiger partial charge in [-0.05, 0) is 41.8 Å². The molecule has 1 aliphatic rings. The Morgan fingerprint density at radius 1 is 1.38 bits per heavy atom. The summed E-state index contributed by atoms with van der Waals surface area (Å²) in [4.78, 5) is 14.9. The van der Waals surface area contributed by atoms with Crippen LogP contribution in [0.15, 0.2) is 30.3 Å². The van der Waals surface area contributed by atoms with Crippen LogP contribution in [0.2, 0.25) is 0 Å². The first kappa shape index (κ1) is 18.4. The minimum atomic E-state index is -0.413. The Kier molecular flexibility index (Phi) is 6.28. The van der Waals surface area contributed by atoms with Gasteiger partial charge in [-0.25, -0.2) is 4.68 Å². The van der Waals surface area contributed by atoms with Crippen molar-refractivity contribution in [3.05, 3.63) is 41.7 Å². The van der Waals surface area contributed by atoms with Crippen LogP contribution in [0.25, 0.3) is 0 Å². The molecule has 2 N–H and O–H groups in total. The standard InChI is InChI=1S/C16H22N6O.ClH/c1-12-18-19-20-22(12)15(9-13-5-3-2-4-6-13)16(23)21-8-7-14(10-17)11-21;/h2-6,14-15H,7-11,17H2,1H3;1H. The Bertz CT molecular complexity index is 662. The van der Waals surface area contributed by atoms with E-state index in [0.717, 1.165) is 25.1 Å². The summed E-state index contributed by atoms with van der Waals surface area (Å²) in [6.07, 6.45) is 1.55. The summed E-state index contributed by atoms with van der Waals surface area (Å²) in [5, 5.41) is 11.7. The minimum Gasteiger partial charge on any atom is -0.340 e. The molecule has 0 bridgehead atoms. The lowest BCUT2D eigenvalue weighted by atomic mass is 10.0. The average Bonchev–Trinajstić information content (AvgIpc) is 3.22. The SMILES string of the molecule is Cc1nnnn1C(Cc1ccccc1)C(=O)N1CCC(CN)C1.Cl. The number of carbonyl (C=O) groups excluding carboxylic acids is 1. The van der Waals surface area contributed by atoms with E-state index in [4.69, 9.17) is 5.73 Å². The van der Waals surface area contributed by atoms with E-state index in [9.17, 15) is 4.79 Å². The predicted molar refractivity (Wildman–Crippen MR) is 92.7 cm³/mol. The van der Waals surface area contributed by atoms with Crippen LogP contribution in [-0.4, -0.2) is 50.6 Å². The third-order valence-corrected chi connectivity index (χ3v) is 4.44. The molecule has 8 heteroatoms. The molecule has 1 aromatic heterocycles. The normalized spacial score (nSPS) is 18.2. The second-order valence-electron chi connectivity index (χ2n) is 6.05. The van der Waals surface area contributed by atoms with Gasteiger partial charge >= 0.3 is 0 Å². The van der Waals surface area contributed by atoms with Crippen LogP contribution in [0.5, 0.6) is 0 Å². The maximum Gasteiger partial charge on any atom is 0.247 e.